The topological polar surface area (TPSA) is 66.5 Å². The molecule has 1 fully saturated rings. The first-order chi connectivity index (χ1) is 12.1. The highest BCUT2D eigenvalue weighted by Gasteiger charge is 2.20. The number of nitrogens with one attached hydrogen (secondary N) is 1. The third-order valence-corrected chi connectivity index (χ3v) is 5.81. The van der Waals surface area contributed by atoms with Crippen molar-refractivity contribution in [2.45, 2.75) is 30.6 Å². The minimum Gasteiger partial charge on any atom is -0.312 e. The molecule has 25 heavy (non-hydrogen) atoms. The van der Waals surface area contributed by atoms with Gasteiger partial charge >= 0.3 is 0 Å². The fourth-order valence-corrected chi connectivity index (χ4v) is 3.97. The number of anilines is 1. The minimum absolute atomic E-state index is 0.0999. The molecule has 0 unspecified atom stereocenters. The van der Waals surface area contributed by atoms with Crippen LogP contribution >= 0.6 is 0 Å². The van der Waals surface area contributed by atoms with Gasteiger partial charge in [-0.3, -0.25) is 4.79 Å². The van der Waals surface area contributed by atoms with Crippen molar-refractivity contribution in [2.24, 2.45) is 0 Å². The second-order valence-corrected chi connectivity index (χ2v) is 7.90. The molecule has 5 nitrogen and oxygen atoms in total. The Balaban J connectivity index is 1.63. The van der Waals surface area contributed by atoms with E-state index >= 15 is 0 Å². The van der Waals surface area contributed by atoms with Crippen LogP contribution in [-0.2, 0) is 21.2 Å². The Morgan fingerprint density at radius 3 is 2.36 bits per heavy atom. The van der Waals surface area contributed by atoms with E-state index in [1.54, 1.807) is 29.2 Å². The van der Waals surface area contributed by atoms with Gasteiger partial charge in [0.1, 0.15) is 0 Å². The van der Waals surface area contributed by atoms with Gasteiger partial charge in [0, 0.05) is 25.2 Å². The first-order valence-corrected chi connectivity index (χ1v) is 9.99. The number of hydrogen-bond donors (Lipinski definition) is 1. The fourth-order valence-electron chi connectivity index (χ4n) is 2.94. The fraction of sp³-hybridized carbons (Fsp3) is 0.316. The van der Waals surface area contributed by atoms with E-state index < -0.39 is 10.0 Å². The summed E-state index contributed by atoms with van der Waals surface area (Å²) in [5.74, 6) is 0.0999. The van der Waals surface area contributed by atoms with Crippen molar-refractivity contribution < 1.29 is 13.2 Å². The maximum Gasteiger partial charge on any atom is 0.240 e. The number of piperidine rings is 1. The van der Waals surface area contributed by atoms with Gasteiger partial charge in [0.15, 0.2) is 0 Å². The van der Waals surface area contributed by atoms with Crippen LogP contribution in [-0.4, -0.2) is 27.4 Å². The SMILES string of the molecule is O=C1CCCCN1c1ccc(S(=O)(=O)NCCc2ccccc2)cc1. The van der Waals surface area contributed by atoms with Gasteiger partial charge in [-0.15, -0.1) is 0 Å². The maximum absolute atomic E-state index is 12.4. The summed E-state index contributed by atoms with van der Waals surface area (Å²) in [6, 6.07) is 16.3. The molecule has 1 saturated heterocycles. The molecule has 1 aliphatic heterocycles. The molecule has 0 radical (unpaired) electrons. The summed E-state index contributed by atoms with van der Waals surface area (Å²) in [4.78, 5) is 13.9. The molecule has 3 rings (SSSR count). The highest BCUT2D eigenvalue weighted by atomic mass is 32.2. The van der Waals surface area contributed by atoms with Crippen molar-refractivity contribution in [3.8, 4) is 0 Å². The predicted molar refractivity (Wildman–Crippen MR) is 98.0 cm³/mol. The van der Waals surface area contributed by atoms with E-state index in [2.05, 4.69) is 4.72 Å². The first-order valence-electron chi connectivity index (χ1n) is 8.50. The molecular formula is C19H22N2O3S. The molecule has 0 aromatic heterocycles. The van der Waals surface area contributed by atoms with Gasteiger partial charge in [-0.25, -0.2) is 13.1 Å². The van der Waals surface area contributed by atoms with Crippen LogP contribution < -0.4 is 9.62 Å². The Hall–Kier alpha value is -2.18. The number of carbonyl (C=O) groups excluding carboxylic acids is 1. The summed E-state index contributed by atoms with van der Waals surface area (Å²) in [5.41, 5.74) is 1.84. The van der Waals surface area contributed by atoms with Crippen LogP contribution in [0.4, 0.5) is 5.69 Å². The standard InChI is InChI=1S/C19H22N2O3S/c22-19-8-4-5-15-21(19)17-9-11-18(12-10-17)25(23,24)20-14-13-16-6-2-1-3-7-16/h1-3,6-7,9-12,20H,4-5,8,13-15H2. The molecule has 0 spiro atoms. The summed E-state index contributed by atoms with van der Waals surface area (Å²) in [6.07, 6.45) is 3.10. The zero-order valence-corrected chi connectivity index (χ0v) is 14.8. The van der Waals surface area contributed by atoms with E-state index in [9.17, 15) is 13.2 Å². The molecule has 2 aromatic carbocycles. The van der Waals surface area contributed by atoms with Gasteiger partial charge in [-0.1, -0.05) is 30.3 Å². The molecule has 1 amide bonds. The molecule has 2 aromatic rings. The summed E-state index contributed by atoms with van der Waals surface area (Å²) in [6.45, 7) is 1.04. The molecule has 1 N–H and O–H groups in total. The summed E-state index contributed by atoms with van der Waals surface area (Å²) in [7, 11) is -3.54. The van der Waals surface area contributed by atoms with Crippen molar-refractivity contribution in [2.75, 3.05) is 18.0 Å². The molecule has 6 heteroatoms. The molecule has 0 saturated carbocycles. The Kier molecular flexibility index (Phi) is 5.50. The lowest BCUT2D eigenvalue weighted by Gasteiger charge is -2.26. The van der Waals surface area contributed by atoms with Crippen LogP contribution in [0.2, 0.25) is 0 Å². The molecule has 0 bridgehead atoms. The van der Waals surface area contributed by atoms with Crippen LogP contribution in [0.3, 0.4) is 0 Å². The van der Waals surface area contributed by atoms with Crippen molar-refractivity contribution in [3.63, 3.8) is 0 Å². The van der Waals surface area contributed by atoms with Gasteiger partial charge < -0.3 is 4.90 Å². The van der Waals surface area contributed by atoms with Gasteiger partial charge in [-0.05, 0) is 49.1 Å². The average Bonchev–Trinajstić information content (AvgIpc) is 2.63. The van der Waals surface area contributed by atoms with E-state index in [1.165, 1.54) is 0 Å². The number of rotatable bonds is 6. The van der Waals surface area contributed by atoms with Crippen molar-refractivity contribution >= 4 is 21.6 Å². The number of nitrogens with zero attached hydrogens (tertiary/aromatic N) is 1. The van der Waals surface area contributed by atoms with Crippen LogP contribution in [0, 0.1) is 0 Å². The minimum atomic E-state index is -3.54. The van der Waals surface area contributed by atoms with E-state index in [4.69, 9.17) is 0 Å². The molecule has 0 aliphatic carbocycles. The number of sulfonamides is 1. The van der Waals surface area contributed by atoms with Crippen molar-refractivity contribution in [1.82, 2.24) is 4.72 Å². The third kappa shape index (κ3) is 4.46. The maximum atomic E-state index is 12.4. The normalized spacial score (nSPS) is 15.4. The van der Waals surface area contributed by atoms with Crippen LogP contribution in [0.15, 0.2) is 59.5 Å². The second-order valence-electron chi connectivity index (χ2n) is 6.13. The Morgan fingerprint density at radius 2 is 1.68 bits per heavy atom. The summed E-state index contributed by atoms with van der Waals surface area (Å²) < 4.78 is 27.4. The lowest BCUT2D eigenvalue weighted by atomic mass is 10.1. The lowest BCUT2D eigenvalue weighted by molar-refractivity contribution is -0.119. The Morgan fingerprint density at radius 1 is 0.960 bits per heavy atom. The number of hydrogen-bond acceptors (Lipinski definition) is 3. The molecule has 1 aliphatic rings. The molecule has 1 heterocycles. The summed E-state index contributed by atoms with van der Waals surface area (Å²) in [5, 5.41) is 0. The number of amides is 1. The van der Waals surface area contributed by atoms with Crippen molar-refractivity contribution in [3.05, 3.63) is 60.2 Å². The smallest absolute Gasteiger partial charge is 0.240 e. The van der Waals surface area contributed by atoms with Gasteiger partial charge in [0.25, 0.3) is 0 Å². The highest BCUT2D eigenvalue weighted by molar-refractivity contribution is 7.89. The van der Waals surface area contributed by atoms with Crippen LogP contribution in [0.5, 0.6) is 0 Å². The van der Waals surface area contributed by atoms with Crippen LogP contribution in [0.1, 0.15) is 24.8 Å². The largest absolute Gasteiger partial charge is 0.312 e. The number of benzene rings is 2. The summed E-state index contributed by atoms with van der Waals surface area (Å²) >= 11 is 0. The van der Waals surface area contributed by atoms with E-state index in [0.717, 1.165) is 24.1 Å². The number of carbonyl (C=O) groups is 1. The van der Waals surface area contributed by atoms with Gasteiger partial charge in [0.05, 0.1) is 4.90 Å². The monoisotopic (exact) mass is 358 g/mol. The first kappa shape index (κ1) is 17.6. The van der Waals surface area contributed by atoms with E-state index in [1.807, 2.05) is 30.3 Å². The van der Waals surface area contributed by atoms with Crippen molar-refractivity contribution in [1.29, 1.82) is 0 Å². The zero-order chi connectivity index (χ0) is 17.7. The van der Waals surface area contributed by atoms with E-state index in [-0.39, 0.29) is 10.8 Å². The second kappa shape index (κ2) is 7.80. The molecule has 132 valence electrons. The van der Waals surface area contributed by atoms with E-state index in [0.29, 0.717) is 25.9 Å². The van der Waals surface area contributed by atoms with Crippen LogP contribution in [0.25, 0.3) is 0 Å². The molecule has 0 atom stereocenters. The molecular weight excluding hydrogens is 336 g/mol. The Bertz CT molecular complexity index is 818. The third-order valence-electron chi connectivity index (χ3n) is 4.33. The Labute approximate surface area is 148 Å². The predicted octanol–water partition coefficient (Wildman–Crippen LogP) is 2.72. The zero-order valence-electron chi connectivity index (χ0n) is 14.0. The quantitative estimate of drug-likeness (QED) is 0.863. The lowest BCUT2D eigenvalue weighted by Crippen LogP contribution is -2.35. The highest BCUT2D eigenvalue weighted by Crippen LogP contribution is 2.22. The van der Waals surface area contributed by atoms with Gasteiger partial charge in [-0.2, -0.15) is 0 Å². The van der Waals surface area contributed by atoms with Gasteiger partial charge in [0.2, 0.25) is 15.9 Å². The average molecular weight is 358 g/mol.